The second kappa shape index (κ2) is 5.02. The van der Waals surface area contributed by atoms with Gasteiger partial charge in [0, 0.05) is 18.9 Å². The van der Waals surface area contributed by atoms with Crippen molar-refractivity contribution in [1.82, 2.24) is 4.57 Å². The van der Waals surface area contributed by atoms with Crippen LogP contribution in [0.25, 0.3) is 0 Å². The van der Waals surface area contributed by atoms with Crippen LogP contribution in [0, 0.1) is 0 Å². The van der Waals surface area contributed by atoms with Crippen molar-refractivity contribution in [3.05, 3.63) is 24.0 Å². The summed E-state index contributed by atoms with van der Waals surface area (Å²) in [5.41, 5.74) is 0.0934. The van der Waals surface area contributed by atoms with Gasteiger partial charge in [0.15, 0.2) is 0 Å². The second-order valence-electron chi connectivity index (χ2n) is 3.11. The summed E-state index contributed by atoms with van der Waals surface area (Å²) in [5, 5.41) is 8.58. The minimum Gasteiger partial charge on any atom is -0.478 e. The van der Waals surface area contributed by atoms with E-state index in [1.807, 2.05) is 0 Å². The minimum absolute atomic E-state index is 0.0934. The molecule has 0 bridgehead atoms. The summed E-state index contributed by atoms with van der Waals surface area (Å²) in [6.07, 6.45) is -1.53. The molecule has 0 aliphatic heterocycles. The molecule has 0 saturated carbocycles. The molecule has 1 heterocycles. The maximum Gasteiger partial charge on any atom is 0.411 e. The topological polar surface area (TPSA) is 51.5 Å². The van der Waals surface area contributed by atoms with Crippen LogP contribution >= 0.6 is 0 Å². The van der Waals surface area contributed by atoms with Gasteiger partial charge in [-0.05, 0) is 6.07 Å². The van der Waals surface area contributed by atoms with Gasteiger partial charge >= 0.3 is 12.1 Å². The van der Waals surface area contributed by atoms with E-state index in [1.165, 1.54) is 23.0 Å². The molecule has 0 atom stereocenters. The molecule has 1 rings (SSSR count). The number of aromatic nitrogens is 1. The van der Waals surface area contributed by atoms with Crippen molar-refractivity contribution in [3.63, 3.8) is 0 Å². The van der Waals surface area contributed by atoms with Gasteiger partial charge in [-0.15, -0.1) is 0 Å². The zero-order chi connectivity index (χ0) is 12.2. The van der Waals surface area contributed by atoms with Gasteiger partial charge in [-0.2, -0.15) is 13.2 Å². The summed E-state index contributed by atoms with van der Waals surface area (Å²) in [7, 11) is 0. The van der Waals surface area contributed by atoms with Crippen LogP contribution in [-0.2, 0) is 11.3 Å². The third-order valence-electron chi connectivity index (χ3n) is 1.76. The number of nitrogens with zero attached hydrogens (tertiary/aromatic N) is 1. The van der Waals surface area contributed by atoms with Crippen LogP contribution < -0.4 is 0 Å². The Balaban J connectivity index is 2.30. The quantitative estimate of drug-likeness (QED) is 0.794. The molecule has 0 aliphatic carbocycles. The lowest BCUT2D eigenvalue weighted by atomic mass is 10.4. The first-order valence-corrected chi connectivity index (χ1v) is 4.42. The molecule has 0 fully saturated rings. The van der Waals surface area contributed by atoms with Gasteiger partial charge in [-0.1, -0.05) is 0 Å². The standard InChI is InChI=1S/C9H10F3NO3/c10-9(11,12)6-16-4-3-13-2-1-7(5-13)8(14)15/h1-2,5H,3-4,6H2,(H,14,15). The summed E-state index contributed by atoms with van der Waals surface area (Å²) in [6.45, 7) is -1.23. The van der Waals surface area contributed by atoms with E-state index in [-0.39, 0.29) is 18.7 Å². The molecule has 16 heavy (non-hydrogen) atoms. The van der Waals surface area contributed by atoms with Crippen molar-refractivity contribution >= 4 is 5.97 Å². The summed E-state index contributed by atoms with van der Waals surface area (Å²) in [6, 6.07) is 1.37. The Morgan fingerprint density at radius 2 is 2.19 bits per heavy atom. The maximum absolute atomic E-state index is 11.7. The van der Waals surface area contributed by atoms with Gasteiger partial charge in [0.2, 0.25) is 0 Å². The van der Waals surface area contributed by atoms with Gasteiger partial charge in [0.05, 0.1) is 12.2 Å². The van der Waals surface area contributed by atoms with Crippen molar-refractivity contribution < 1.29 is 27.8 Å². The third-order valence-corrected chi connectivity index (χ3v) is 1.76. The fourth-order valence-corrected chi connectivity index (χ4v) is 1.06. The Hall–Kier alpha value is -1.50. The van der Waals surface area contributed by atoms with E-state index in [0.717, 1.165) is 0 Å². The summed E-state index contributed by atoms with van der Waals surface area (Å²) < 4.78 is 40.9. The number of hydrogen-bond acceptors (Lipinski definition) is 2. The molecule has 4 nitrogen and oxygen atoms in total. The van der Waals surface area contributed by atoms with E-state index in [1.54, 1.807) is 0 Å². The highest BCUT2D eigenvalue weighted by atomic mass is 19.4. The molecule has 0 spiro atoms. The fraction of sp³-hybridized carbons (Fsp3) is 0.444. The predicted molar refractivity (Wildman–Crippen MR) is 48.3 cm³/mol. The van der Waals surface area contributed by atoms with Gasteiger partial charge in [-0.3, -0.25) is 0 Å². The summed E-state index contributed by atoms with van der Waals surface area (Å²) in [5.74, 6) is -1.07. The zero-order valence-corrected chi connectivity index (χ0v) is 8.20. The largest absolute Gasteiger partial charge is 0.478 e. The fourth-order valence-electron chi connectivity index (χ4n) is 1.06. The van der Waals surface area contributed by atoms with Gasteiger partial charge in [0.25, 0.3) is 0 Å². The Kier molecular flexibility index (Phi) is 3.94. The van der Waals surface area contributed by atoms with Crippen molar-refractivity contribution in [2.45, 2.75) is 12.7 Å². The summed E-state index contributed by atoms with van der Waals surface area (Å²) >= 11 is 0. The molecule has 0 aromatic carbocycles. The van der Waals surface area contributed by atoms with E-state index in [2.05, 4.69) is 4.74 Å². The Morgan fingerprint density at radius 1 is 1.50 bits per heavy atom. The lowest BCUT2D eigenvalue weighted by Crippen LogP contribution is -2.18. The van der Waals surface area contributed by atoms with E-state index in [4.69, 9.17) is 5.11 Å². The molecule has 0 radical (unpaired) electrons. The zero-order valence-electron chi connectivity index (χ0n) is 8.20. The lowest BCUT2D eigenvalue weighted by molar-refractivity contribution is -0.174. The SMILES string of the molecule is O=C(O)c1ccn(CCOCC(F)(F)F)c1. The number of alkyl halides is 3. The Bertz CT molecular complexity index is 359. The number of carbonyl (C=O) groups is 1. The molecule has 0 aliphatic rings. The molecule has 7 heteroatoms. The van der Waals surface area contributed by atoms with Crippen molar-refractivity contribution in [2.24, 2.45) is 0 Å². The Labute approximate surface area is 89.2 Å². The smallest absolute Gasteiger partial charge is 0.411 e. The molecule has 0 amide bonds. The van der Waals surface area contributed by atoms with E-state index in [9.17, 15) is 18.0 Å². The highest BCUT2D eigenvalue weighted by Crippen LogP contribution is 2.14. The van der Waals surface area contributed by atoms with Crippen LogP contribution in [0.4, 0.5) is 13.2 Å². The molecule has 1 aromatic rings. The third kappa shape index (κ3) is 4.35. The average Bonchev–Trinajstić information content (AvgIpc) is 2.59. The van der Waals surface area contributed by atoms with E-state index in [0.29, 0.717) is 0 Å². The number of rotatable bonds is 5. The van der Waals surface area contributed by atoms with Crippen molar-refractivity contribution in [1.29, 1.82) is 0 Å². The van der Waals surface area contributed by atoms with E-state index >= 15 is 0 Å². The second-order valence-corrected chi connectivity index (χ2v) is 3.11. The van der Waals surface area contributed by atoms with Gasteiger partial charge < -0.3 is 14.4 Å². The first-order valence-electron chi connectivity index (χ1n) is 4.42. The van der Waals surface area contributed by atoms with Crippen molar-refractivity contribution in [2.75, 3.05) is 13.2 Å². The molecule has 0 unspecified atom stereocenters. The predicted octanol–water partition coefficient (Wildman–Crippen LogP) is 1.77. The minimum atomic E-state index is -4.33. The van der Waals surface area contributed by atoms with Gasteiger partial charge in [-0.25, -0.2) is 4.79 Å². The lowest BCUT2D eigenvalue weighted by Gasteiger charge is -2.07. The number of hydrogen-bond donors (Lipinski definition) is 1. The van der Waals surface area contributed by atoms with Crippen molar-refractivity contribution in [3.8, 4) is 0 Å². The number of ether oxygens (including phenoxy) is 1. The monoisotopic (exact) mass is 237 g/mol. The van der Waals surface area contributed by atoms with Crippen LogP contribution in [0.3, 0.4) is 0 Å². The molecule has 1 N–H and O–H groups in total. The highest BCUT2D eigenvalue weighted by molar-refractivity contribution is 5.87. The van der Waals surface area contributed by atoms with Crippen LogP contribution in [0.2, 0.25) is 0 Å². The van der Waals surface area contributed by atoms with Gasteiger partial charge in [0.1, 0.15) is 6.61 Å². The number of carboxylic acids is 1. The van der Waals surface area contributed by atoms with Crippen LogP contribution in [0.1, 0.15) is 10.4 Å². The molecular weight excluding hydrogens is 227 g/mol. The number of aromatic carboxylic acids is 1. The first-order chi connectivity index (χ1) is 7.38. The molecule has 0 saturated heterocycles. The van der Waals surface area contributed by atoms with E-state index < -0.39 is 18.8 Å². The molecule has 90 valence electrons. The molecular formula is C9H10F3NO3. The summed E-state index contributed by atoms with van der Waals surface area (Å²) in [4.78, 5) is 10.5. The highest BCUT2D eigenvalue weighted by Gasteiger charge is 2.27. The van der Waals surface area contributed by atoms with Crippen LogP contribution in [0.15, 0.2) is 18.5 Å². The number of halogens is 3. The maximum atomic E-state index is 11.7. The number of carboxylic acid groups (broad SMARTS) is 1. The van der Waals surface area contributed by atoms with Crippen LogP contribution in [0.5, 0.6) is 0 Å². The first kappa shape index (κ1) is 12.6. The van der Waals surface area contributed by atoms with Crippen LogP contribution in [-0.4, -0.2) is 35.0 Å². The normalized spacial score (nSPS) is 11.7. The average molecular weight is 237 g/mol. The molecule has 1 aromatic heterocycles. The Morgan fingerprint density at radius 3 is 2.69 bits per heavy atom.